The van der Waals surface area contributed by atoms with E-state index in [0.717, 1.165) is 22.8 Å². The molecule has 0 unspecified atom stereocenters. The van der Waals surface area contributed by atoms with Crippen molar-refractivity contribution in [2.75, 3.05) is 0 Å². The van der Waals surface area contributed by atoms with E-state index >= 15 is 0 Å². The van der Waals surface area contributed by atoms with Crippen LogP contribution in [0, 0.1) is 5.92 Å². The molecule has 0 radical (unpaired) electrons. The summed E-state index contributed by atoms with van der Waals surface area (Å²) in [6.07, 6.45) is 3.00. The summed E-state index contributed by atoms with van der Waals surface area (Å²) >= 11 is 0. The fourth-order valence-corrected chi connectivity index (χ4v) is 3.50. The van der Waals surface area contributed by atoms with E-state index in [0.29, 0.717) is 24.0 Å². The molecular weight excluding hydrogens is 330 g/mol. The van der Waals surface area contributed by atoms with Gasteiger partial charge in [-0.2, -0.15) is 5.10 Å². The van der Waals surface area contributed by atoms with E-state index in [2.05, 4.69) is 17.3 Å². The number of carbonyl (C=O) groups is 2. The first-order valence-electron chi connectivity index (χ1n) is 8.91. The second kappa shape index (κ2) is 6.12. The Morgan fingerprint density at radius 3 is 2.65 bits per heavy atom. The van der Waals surface area contributed by atoms with Crippen molar-refractivity contribution in [2.45, 2.75) is 38.1 Å². The van der Waals surface area contributed by atoms with Crippen LogP contribution < -0.4 is 5.32 Å². The Morgan fingerprint density at radius 2 is 2.00 bits per heavy atom. The quantitative estimate of drug-likeness (QED) is 0.661. The molecule has 134 valence electrons. The molecule has 26 heavy (non-hydrogen) atoms. The van der Waals surface area contributed by atoms with Crippen molar-refractivity contribution in [3.05, 3.63) is 59.5 Å². The van der Waals surface area contributed by atoms with Crippen LogP contribution in [0.4, 0.5) is 4.79 Å². The summed E-state index contributed by atoms with van der Waals surface area (Å²) in [5.41, 5.74) is -0.324. The first-order chi connectivity index (χ1) is 12.5. The third-order valence-electron chi connectivity index (χ3n) is 5.29. The molecule has 0 bridgehead atoms. The number of hydrazone groups is 1. The highest BCUT2D eigenvalue weighted by molar-refractivity contribution is 6.07. The molecule has 4 rings (SSSR count). The molecule has 2 heterocycles. The lowest BCUT2D eigenvalue weighted by Gasteiger charge is -2.24. The van der Waals surface area contributed by atoms with Crippen LogP contribution in [0.1, 0.15) is 49.7 Å². The Morgan fingerprint density at radius 1 is 1.27 bits per heavy atom. The molecule has 1 aromatic heterocycles. The Kier molecular flexibility index (Phi) is 3.90. The van der Waals surface area contributed by atoms with E-state index in [1.165, 1.54) is 6.21 Å². The van der Waals surface area contributed by atoms with Gasteiger partial charge in [0.1, 0.15) is 17.1 Å². The van der Waals surface area contributed by atoms with Gasteiger partial charge in [-0.25, -0.2) is 4.79 Å². The highest BCUT2D eigenvalue weighted by Crippen LogP contribution is 2.47. The van der Waals surface area contributed by atoms with Gasteiger partial charge in [-0.1, -0.05) is 44.2 Å². The Hall–Kier alpha value is -2.89. The highest BCUT2D eigenvalue weighted by Gasteiger charge is 2.51. The van der Waals surface area contributed by atoms with Gasteiger partial charge >= 0.3 is 6.03 Å². The second-order valence-corrected chi connectivity index (χ2v) is 6.98. The molecule has 1 aromatic carbocycles. The zero-order chi connectivity index (χ0) is 18.3. The summed E-state index contributed by atoms with van der Waals surface area (Å²) in [6.45, 7) is 4.05. The minimum Gasteiger partial charge on any atom is -0.460 e. The molecule has 6 nitrogen and oxygen atoms in total. The Bertz CT molecular complexity index is 873. The lowest BCUT2D eigenvalue weighted by Crippen LogP contribution is -2.43. The number of benzene rings is 1. The number of nitrogens with one attached hydrogen (secondary N) is 1. The van der Waals surface area contributed by atoms with Gasteiger partial charge in [0.2, 0.25) is 0 Å². The number of amides is 3. The standard InChI is InChI=1S/C20H21N3O3/c1-3-20(14-7-5-4-6-8-14)18(24)23(19(25)22-20)21-12-15-9-10-17(26-15)16-11-13(16)2/h4-10,12-13,16H,3,11H2,1-2H3,(H,22,25)/b21-12-/t13-,16+,20+/m0/s1. The zero-order valence-corrected chi connectivity index (χ0v) is 14.8. The molecule has 1 saturated heterocycles. The van der Waals surface area contributed by atoms with Crippen molar-refractivity contribution < 1.29 is 14.0 Å². The number of hydrogen-bond acceptors (Lipinski definition) is 4. The number of hydrogen-bond donors (Lipinski definition) is 1. The third kappa shape index (κ3) is 2.62. The fourth-order valence-electron chi connectivity index (χ4n) is 3.50. The van der Waals surface area contributed by atoms with E-state index in [1.807, 2.05) is 49.4 Å². The highest BCUT2D eigenvalue weighted by atomic mass is 16.3. The summed E-state index contributed by atoms with van der Waals surface area (Å²) in [7, 11) is 0. The molecule has 3 amide bonds. The second-order valence-electron chi connectivity index (χ2n) is 6.98. The first kappa shape index (κ1) is 16.6. The Balaban J connectivity index is 1.56. The van der Waals surface area contributed by atoms with Gasteiger partial charge in [-0.15, -0.1) is 5.01 Å². The molecule has 3 atom stereocenters. The number of rotatable bonds is 5. The minimum atomic E-state index is -1.08. The monoisotopic (exact) mass is 351 g/mol. The van der Waals surface area contributed by atoms with E-state index in [9.17, 15) is 9.59 Å². The number of imide groups is 1. The SMILES string of the molecule is CC[C@]1(c2ccccc2)NC(=O)N(/N=C\c2ccc([C@@H]3C[C@@H]3C)o2)C1=O. The van der Waals surface area contributed by atoms with Gasteiger partial charge in [0.15, 0.2) is 0 Å². The average molecular weight is 351 g/mol. The third-order valence-corrected chi connectivity index (χ3v) is 5.29. The molecule has 1 N–H and O–H groups in total. The van der Waals surface area contributed by atoms with Gasteiger partial charge < -0.3 is 9.73 Å². The van der Waals surface area contributed by atoms with Crippen molar-refractivity contribution in [3.8, 4) is 0 Å². The van der Waals surface area contributed by atoms with E-state index in [1.54, 1.807) is 0 Å². The summed E-state index contributed by atoms with van der Waals surface area (Å²) in [6, 6.07) is 12.5. The lowest BCUT2D eigenvalue weighted by atomic mass is 9.87. The molecule has 2 aliphatic rings. The van der Waals surface area contributed by atoms with Gasteiger partial charge in [0.25, 0.3) is 5.91 Å². The van der Waals surface area contributed by atoms with Gasteiger partial charge in [-0.05, 0) is 36.5 Å². The predicted molar refractivity (Wildman–Crippen MR) is 96.6 cm³/mol. The van der Waals surface area contributed by atoms with Crippen molar-refractivity contribution in [2.24, 2.45) is 11.0 Å². The number of furan rings is 1. The molecule has 6 heteroatoms. The van der Waals surface area contributed by atoms with E-state index in [-0.39, 0.29) is 5.91 Å². The van der Waals surface area contributed by atoms with Gasteiger partial charge in [0, 0.05) is 5.92 Å². The fraction of sp³-hybridized carbons (Fsp3) is 0.350. The summed E-state index contributed by atoms with van der Waals surface area (Å²) in [5.74, 6) is 2.21. The van der Waals surface area contributed by atoms with Crippen molar-refractivity contribution in [1.29, 1.82) is 0 Å². The lowest BCUT2D eigenvalue weighted by molar-refractivity contribution is -0.131. The van der Waals surface area contributed by atoms with Crippen LogP contribution in [0.25, 0.3) is 0 Å². The van der Waals surface area contributed by atoms with Crippen LogP contribution in [0.2, 0.25) is 0 Å². The van der Waals surface area contributed by atoms with Crippen LogP contribution >= 0.6 is 0 Å². The Labute approximate surface area is 151 Å². The van der Waals surface area contributed by atoms with Gasteiger partial charge in [0.05, 0.1) is 6.21 Å². The van der Waals surface area contributed by atoms with Crippen LogP contribution in [0.3, 0.4) is 0 Å². The predicted octanol–water partition coefficient (Wildman–Crippen LogP) is 3.59. The number of nitrogens with zero attached hydrogens (tertiary/aromatic N) is 2. The van der Waals surface area contributed by atoms with Crippen molar-refractivity contribution in [3.63, 3.8) is 0 Å². The molecule has 2 fully saturated rings. The minimum absolute atomic E-state index is 0.380. The van der Waals surface area contributed by atoms with Crippen LogP contribution in [-0.2, 0) is 10.3 Å². The molecule has 0 spiro atoms. The van der Waals surface area contributed by atoms with Crippen LogP contribution in [-0.4, -0.2) is 23.2 Å². The number of urea groups is 1. The molecule has 1 aliphatic carbocycles. The molecular formula is C20H21N3O3. The first-order valence-corrected chi connectivity index (χ1v) is 8.91. The van der Waals surface area contributed by atoms with Crippen LogP contribution in [0.5, 0.6) is 0 Å². The maximum atomic E-state index is 13.0. The van der Waals surface area contributed by atoms with E-state index < -0.39 is 11.6 Å². The molecule has 1 saturated carbocycles. The summed E-state index contributed by atoms with van der Waals surface area (Å²) in [4.78, 5) is 25.3. The summed E-state index contributed by atoms with van der Waals surface area (Å²) < 4.78 is 5.75. The summed E-state index contributed by atoms with van der Waals surface area (Å²) in [5, 5.41) is 7.78. The maximum Gasteiger partial charge on any atom is 0.346 e. The smallest absolute Gasteiger partial charge is 0.346 e. The molecule has 1 aliphatic heterocycles. The van der Waals surface area contributed by atoms with Crippen molar-refractivity contribution >= 4 is 18.2 Å². The van der Waals surface area contributed by atoms with Gasteiger partial charge in [-0.3, -0.25) is 4.79 Å². The van der Waals surface area contributed by atoms with Crippen molar-refractivity contribution in [1.82, 2.24) is 10.3 Å². The average Bonchev–Trinajstić information content (AvgIpc) is 3.10. The topological polar surface area (TPSA) is 74.9 Å². The number of carbonyl (C=O) groups excluding carboxylic acids is 2. The maximum absolute atomic E-state index is 13.0. The largest absolute Gasteiger partial charge is 0.460 e. The van der Waals surface area contributed by atoms with E-state index in [4.69, 9.17) is 4.42 Å². The zero-order valence-electron chi connectivity index (χ0n) is 14.8. The molecule has 2 aromatic rings. The normalized spacial score (nSPS) is 28.0. The van der Waals surface area contributed by atoms with Crippen LogP contribution in [0.15, 0.2) is 52.0 Å².